The molecule has 108 valence electrons. The molecule has 1 fully saturated rings. The highest BCUT2D eigenvalue weighted by Gasteiger charge is 2.24. The molecule has 1 unspecified atom stereocenters. The van der Waals surface area contributed by atoms with E-state index in [1.165, 1.54) is 11.0 Å². The molecule has 3 N–H and O–H groups in total. The van der Waals surface area contributed by atoms with Crippen molar-refractivity contribution >= 4 is 17.5 Å². The molecular weight excluding hydrogens is 274 g/mol. The Hall–Kier alpha value is -2.81. The highest BCUT2D eigenvalue weighted by Crippen LogP contribution is 2.18. The quantitative estimate of drug-likeness (QED) is 0.646. The maximum absolute atomic E-state index is 12.2. The number of benzene rings is 1. The molecule has 2 aromatic rings. The summed E-state index contributed by atoms with van der Waals surface area (Å²) < 4.78 is 1.46. The van der Waals surface area contributed by atoms with Crippen LogP contribution < -0.4 is 16.0 Å². The minimum Gasteiger partial charge on any atom is -0.353 e. The van der Waals surface area contributed by atoms with Gasteiger partial charge in [0.15, 0.2) is 0 Å². The molecule has 2 heterocycles. The maximum atomic E-state index is 12.2. The number of tetrazole rings is 1. The van der Waals surface area contributed by atoms with E-state index in [0.717, 1.165) is 0 Å². The van der Waals surface area contributed by atoms with Gasteiger partial charge in [-0.3, -0.25) is 14.9 Å². The number of nitrogens with one attached hydrogen (secondary N) is 3. The molecule has 9 nitrogen and oxygen atoms in total. The van der Waals surface area contributed by atoms with Crippen molar-refractivity contribution in [2.24, 2.45) is 0 Å². The van der Waals surface area contributed by atoms with Gasteiger partial charge in [0.05, 0.1) is 17.9 Å². The molecule has 1 aliphatic heterocycles. The van der Waals surface area contributed by atoms with E-state index in [9.17, 15) is 9.59 Å². The monoisotopic (exact) mass is 287 g/mol. The Kier molecular flexibility index (Phi) is 3.56. The summed E-state index contributed by atoms with van der Waals surface area (Å²) in [5, 5.41) is 19.3. The maximum Gasteiger partial charge on any atom is 0.243 e. The van der Waals surface area contributed by atoms with Gasteiger partial charge in [0.2, 0.25) is 11.8 Å². The number of para-hydroxylation sites is 2. The zero-order valence-corrected chi connectivity index (χ0v) is 11.0. The number of hydrogen-bond acceptors (Lipinski definition) is 6. The lowest BCUT2D eigenvalue weighted by molar-refractivity contribution is -0.124. The topological polar surface area (TPSA) is 114 Å². The van der Waals surface area contributed by atoms with Gasteiger partial charge >= 0.3 is 0 Å². The van der Waals surface area contributed by atoms with Crippen LogP contribution in [0.25, 0.3) is 5.69 Å². The molecule has 21 heavy (non-hydrogen) atoms. The first-order chi connectivity index (χ1) is 10.2. The minimum atomic E-state index is -0.468. The predicted octanol–water partition coefficient (Wildman–Crippen LogP) is -1.31. The van der Waals surface area contributed by atoms with Crippen molar-refractivity contribution in [3.8, 4) is 5.69 Å². The molecular formula is C12H13N7O2. The number of piperazine rings is 1. The first kappa shape index (κ1) is 13.2. The number of hydrogen-bond donors (Lipinski definition) is 3. The standard InChI is InChI=1S/C12H13N7O2/c20-11-6-13-9(5-14-11)12(21)16-8-3-1-2-4-10(8)19-7-15-17-18-19/h1-4,7,9,13H,5-6H2,(H,14,20)(H,16,21). The molecule has 1 saturated heterocycles. The second-order valence-electron chi connectivity index (χ2n) is 4.50. The molecule has 0 aliphatic carbocycles. The molecule has 1 atom stereocenters. The van der Waals surface area contributed by atoms with E-state index >= 15 is 0 Å². The number of carbonyl (C=O) groups is 2. The number of aromatic nitrogens is 4. The van der Waals surface area contributed by atoms with Crippen molar-refractivity contribution in [1.29, 1.82) is 0 Å². The summed E-state index contributed by atoms with van der Waals surface area (Å²) in [6, 6.07) is 6.72. The lowest BCUT2D eigenvalue weighted by Gasteiger charge is -2.23. The van der Waals surface area contributed by atoms with Crippen LogP contribution in [0, 0.1) is 0 Å². The van der Waals surface area contributed by atoms with Gasteiger partial charge < -0.3 is 10.6 Å². The summed E-state index contributed by atoms with van der Waals surface area (Å²) in [7, 11) is 0. The van der Waals surface area contributed by atoms with E-state index < -0.39 is 6.04 Å². The van der Waals surface area contributed by atoms with Crippen LogP contribution in [0.4, 0.5) is 5.69 Å². The van der Waals surface area contributed by atoms with Gasteiger partial charge in [-0.15, -0.1) is 5.10 Å². The molecule has 1 aromatic heterocycles. The molecule has 0 radical (unpaired) electrons. The number of carbonyl (C=O) groups excluding carboxylic acids is 2. The number of anilines is 1. The molecule has 1 aliphatic rings. The molecule has 9 heteroatoms. The van der Waals surface area contributed by atoms with E-state index in [1.807, 2.05) is 6.07 Å². The third-order valence-electron chi connectivity index (χ3n) is 3.09. The second-order valence-corrected chi connectivity index (χ2v) is 4.50. The van der Waals surface area contributed by atoms with Gasteiger partial charge in [0.25, 0.3) is 0 Å². The summed E-state index contributed by atoms with van der Waals surface area (Å²) in [6.07, 6.45) is 1.45. The third kappa shape index (κ3) is 2.87. The first-order valence-corrected chi connectivity index (χ1v) is 6.37. The zero-order chi connectivity index (χ0) is 14.7. The van der Waals surface area contributed by atoms with E-state index in [1.54, 1.807) is 18.2 Å². The van der Waals surface area contributed by atoms with Crippen LogP contribution in [0.2, 0.25) is 0 Å². The second kappa shape index (κ2) is 5.67. The van der Waals surface area contributed by atoms with Crippen molar-refractivity contribution in [2.45, 2.75) is 6.04 Å². The molecule has 0 spiro atoms. The number of rotatable bonds is 3. The van der Waals surface area contributed by atoms with Gasteiger partial charge in [-0.05, 0) is 22.6 Å². The van der Waals surface area contributed by atoms with E-state index in [-0.39, 0.29) is 24.9 Å². The predicted molar refractivity (Wildman–Crippen MR) is 72.6 cm³/mol. The van der Waals surface area contributed by atoms with Gasteiger partial charge in [-0.2, -0.15) is 4.68 Å². The Balaban J connectivity index is 1.76. The van der Waals surface area contributed by atoms with E-state index in [2.05, 4.69) is 31.5 Å². The van der Waals surface area contributed by atoms with E-state index in [4.69, 9.17) is 0 Å². The first-order valence-electron chi connectivity index (χ1n) is 6.37. The SMILES string of the molecule is O=C1CNC(C(=O)Nc2ccccc2-n2cnnn2)CN1. The van der Waals surface area contributed by atoms with Crippen molar-refractivity contribution in [2.75, 3.05) is 18.4 Å². The number of amides is 2. The molecule has 2 amide bonds. The van der Waals surface area contributed by atoms with Crippen LogP contribution in [-0.2, 0) is 9.59 Å². The van der Waals surface area contributed by atoms with E-state index in [0.29, 0.717) is 11.4 Å². The summed E-state index contributed by atoms with van der Waals surface area (Å²) >= 11 is 0. The van der Waals surface area contributed by atoms with Crippen LogP contribution in [0.5, 0.6) is 0 Å². The lowest BCUT2D eigenvalue weighted by Crippen LogP contribution is -2.56. The fourth-order valence-corrected chi connectivity index (χ4v) is 2.02. The van der Waals surface area contributed by atoms with Crippen LogP contribution in [0.1, 0.15) is 0 Å². The Morgan fingerprint density at radius 1 is 1.38 bits per heavy atom. The average Bonchev–Trinajstić information content (AvgIpc) is 3.02. The normalized spacial score (nSPS) is 18.1. The zero-order valence-electron chi connectivity index (χ0n) is 11.0. The average molecular weight is 287 g/mol. The summed E-state index contributed by atoms with van der Waals surface area (Å²) in [5.74, 6) is -0.344. The number of nitrogens with zero attached hydrogens (tertiary/aromatic N) is 4. The summed E-state index contributed by atoms with van der Waals surface area (Å²) in [6.45, 7) is 0.393. The molecule has 1 aromatic carbocycles. The van der Waals surface area contributed by atoms with Crippen molar-refractivity contribution in [3.05, 3.63) is 30.6 Å². The van der Waals surface area contributed by atoms with Crippen LogP contribution in [-0.4, -0.2) is 51.2 Å². The van der Waals surface area contributed by atoms with Gasteiger partial charge in [0.1, 0.15) is 12.4 Å². The Morgan fingerprint density at radius 3 is 2.95 bits per heavy atom. The van der Waals surface area contributed by atoms with Crippen LogP contribution in [0.3, 0.4) is 0 Å². The fourth-order valence-electron chi connectivity index (χ4n) is 2.02. The molecule has 0 bridgehead atoms. The van der Waals surface area contributed by atoms with Crippen molar-refractivity contribution < 1.29 is 9.59 Å². The summed E-state index contributed by atoms with van der Waals surface area (Å²) in [5.41, 5.74) is 1.25. The van der Waals surface area contributed by atoms with Gasteiger partial charge in [-0.1, -0.05) is 12.1 Å². The largest absolute Gasteiger partial charge is 0.353 e. The Morgan fingerprint density at radius 2 is 2.24 bits per heavy atom. The smallest absolute Gasteiger partial charge is 0.243 e. The van der Waals surface area contributed by atoms with Crippen molar-refractivity contribution in [3.63, 3.8) is 0 Å². The van der Waals surface area contributed by atoms with Gasteiger partial charge in [0, 0.05) is 6.54 Å². The third-order valence-corrected chi connectivity index (χ3v) is 3.09. The van der Waals surface area contributed by atoms with Crippen LogP contribution in [0.15, 0.2) is 30.6 Å². The van der Waals surface area contributed by atoms with Gasteiger partial charge in [-0.25, -0.2) is 0 Å². The Labute approximate surface area is 119 Å². The lowest BCUT2D eigenvalue weighted by atomic mass is 10.2. The Bertz CT molecular complexity index is 645. The molecule has 3 rings (SSSR count). The highest BCUT2D eigenvalue weighted by molar-refractivity contribution is 5.97. The van der Waals surface area contributed by atoms with Crippen LogP contribution >= 0.6 is 0 Å². The summed E-state index contributed by atoms with van der Waals surface area (Å²) in [4.78, 5) is 23.3. The van der Waals surface area contributed by atoms with Crippen molar-refractivity contribution in [1.82, 2.24) is 30.8 Å². The minimum absolute atomic E-state index is 0.117. The highest BCUT2D eigenvalue weighted by atomic mass is 16.2. The molecule has 0 saturated carbocycles. The fraction of sp³-hybridized carbons (Fsp3) is 0.250.